The molecule has 0 radical (unpaired) electrons. The van der Waals surface area contributed by atoms with E-state index in [4.69, 9.17) is 5.73 Å². The molecule has 110 valence electrons. The largest absolute Gasteiger partial charge is 0.419 e. The van der Waals surface area contributed by atoms with Crippen molar-refractivity contribution in [3.8, 4) is 0 Å². The molecule has 0 bridgehead atoms. The first-order chi connectivity index (χ1) is 9.95. The van der Waals surface area contributed by atoms with Gasteiger partial charge < -0.3 is 10.6 Å². The van der Waals surface area contributed by atoms with Crippen LogP contribution >= 0.6 is 0 Å². The highest BCUT2D eigenvalue weighted by molar-refractivity contribution is 5.53. The summed E-state index contributed by atoms with van der Waals surface area (Å²) in [5, 5.41) is 0. The Morgan fingerprint density at radius 3 is 2.71 bits per heavy atom. The van der Waals surface area contributed by atoms with E-state index < -0.39 is 11.7 Å². The van der Waals surface area contributed by atoms with E-state index in [1.54, 1.807) is 4.90 Å². The quantitative estimate of drug-likeness (QED) is 0.821. The van der Waals surface area contributed by atoms with Crippen LogP contribution in [0.4, 0.5) is 24.7 Å². The molecule has 3 nitrogen and oxygen atoms in total. The van der Waals surface area contributed by atoms with E-state index in [-0.39, 0.29) is 5.82 Å². The second-order valence-corrected chi connectivity index (χ2v) is 5.07. The van der Waals surface area contributed by atoms with Crippen LogP contribution in [0.1, 0.15) is 16.7 Å². The number of nitrogen functional groups attached to an aromatic ring is 1. The second kappa shape index (κ2) is 4.95. The second-order valence-electron chi connectivity index (χ2n) is 5.07. The number of pyridine rings is 1. The SMILES string of the molecule is Nc1ccc2c(c1)CN(c1ncccc1C(F)(F)F)CC2. The zero-order valence-electron chi connectivity index (χ0n) is 11.2. The summed E-state index contributed by atoms with van der Waals surface area (Å²) in [4.78, 5) is 5.60. The van der Waals surface area contributed by atoms with Gasteiger partial charge in [-0.15, -0.1) is 0 Å². The predicted octanol–water partition coefficient (Wildman–Crippen LogP) is 3.25. The van der Waals surface area contributed by atoms with E-state index in [1.807, 2.05) is 18.2 Å². The van der Waals surface area contributed by atoms with Gasteiger partial charge >= 0.3 is 6.18 Å². The number of benzene rings is 1. The highest BCUT2D eigenvalue weighted by Crippen LogP contribution is 2.36. The fraction of sp³-hybridized carbons (Fsp3) is 0.267. The van der Waals surface area contributed by atoms with Crippen molar-refractivity contribution < 1.29 is 13.2 Å². The Balaban J connectivity index is 1.97. The molecule has 0 saturated heterocycles. The first-order valence-electron chi connectivity index (χ1n) is 6.59. The molecule has 0 spiro atoms. The molecule has 1 aromatic carbocycles. The van der Waals surface area contributed by atoms with Gasteiger partial charge in [0, 0.05) is 25.0 Å². The van der Waals surface area contributed by atoms with Gasteiger partial charge in [-0.25, -0.2) is 4.98 Å². The van der Waals surface area contributed by atoms with Gasteiger partial charge in [-0.1, -0.05) is 6.07 Å². The maximum Gasteiger partial charge on any atom is 0.419 e. The zero-order chi connectivity index (χ0) is 15.0. The number of alkyl halides is 3. The van der Waals surface area contributed by atoms with Gasteiger partial charge in [0.2, 0.25) is 0 Å². The molecule has 0 aliphatic carbocycles. The van der Waals surface area contributed by atoms with Crippen LogP contribution in [0.5, 0.6) is 0 Å². The van der Waals surface area contributed by atoms with E-state index in [9.17, 15) is 13.2 Å². The summed E-state index contributed by atoms with van der Waals surface area (Å²) in [6.07, 6.45) is -2.33. The summed E-state index contributed by atoms with van der Waals surface area (Å²) in [5.74, 6) is -0.0157. The number of halogens is 3. The van der Waals surface area contributed by atoms with Crippen LogP contribution < -0.4 is 10.6 Å². The van der Waals surface area contributed by atoms with Gasteiger partial charge in [-0.2, -0.15) is 13.2 Å². The molecular weight excluding hydrogens is 279 g/mol. The van der Waals surface area contributed by atoms with E-state index in [1.165, 1.54) is 12.3 Å². The van der Waals surface area contributed by atoms with Crippen molar-refractivity contribution in [1.82, 2.24) is 4.98 Å². The highest BCUT2D eigenvalue weighted by atomic mass is 19.4. The number of hydrogen-bond acceptors (Lipinski definition) is 3. The summed E-state index contributed by atoms with van der Waals surface area (Å²) in [6, 6.07) is 7.94. The van der Waals surface area contributed by atoms with Crippen LogP contribution in [-0.4, -0.2) is 11.5 Å². The molecule has 0 amide bonds. The van der Waals surface area contributed by atoms with E-state index in [0.717, 1.165) is 17.2 Å². The standard InChI is InChI=1S/C15H14F3N3/c16-15(17,18)13-2-1-6-20-14(13)21-7-5-10-3-4-12(19)8-11(10)9-21/h1-4,6,8H,5,7,9,19H2. The van der Waals surface area contributed by atoms with Crippen LogP contribution in [0, 0.1) is 0 Å². The number of anilines is 2. The molecule has 2 N–H and O–H groups in total. The lowest BCUT2D eigenvalue weighted by atomic mass is 9.99. The van der Waals surface area contributed by atoms with Crippen molar-refractivity contribution in [3.05, 3.63) is 53.2 Å². The molecule has 1 aliphatic rings. The number of rotatable bonds is 1. The van der Waals surface area contributed by atoms with Crippen molar-refractivity contribution in [2.45, 2.75) is 19.1 Å². The van der Waals surface area contributed by atoms with Crippen LogP contribution in [0.25, 0.3) is 0 Å². The molecule has 0 unspecified atom stereocenters. The van der Waals surface area contributed by atoms with Gasteiger partial charge in [0.1, 0.15) is 5.82 Å². The summed E-state index contributed by atoms with van der Waals surface area (Å²) in [6.45, 7) is 0.900. The third-order valence-corrected chi connectivity index (χ3v) is 3.63. The lowest BCUT2D eigenvalue weighted by Crippen LogP contribution is -2.32. The lowest BCUT2D eigenvalue weighted by molar-refractivity contribution is -0.137. The molecule has 3 rings (SSSR count). The molecule has 1 aliphatic heterocycles. The Labute approximate surface area is 120 Å². The Morgan fingerprint density at radius 1 is 1.14 bits per heavy atom. The molecule has 2 heterocycles. The van der Waals surface area contributed by atoms with Crippen LogP contribution in [0.15, 0.2) is 36.5 Å². The minimum atomic E-state index is -4.40. The van der Waals surface area contributed by atoms with Crippen molar-refractivity contribution in [3.63, 3.8) is 0 Å². The minimum absolute atomic E-state index is 0.0157. The molecule has 0 fully saturated rings. The van der Waals surface area contributed by atoms with Crippen molar-refractivity contribution in [2.75, 3.05) is 17.2 Å². The fourth-order valence-electron chi connectivity index (χ4n) is 2.63. The number of aromatic nitrogens is 1. The number of nitrogens with zero attached hydrogens (tertiary/aromatic N) is 2. The maximum atomic E-state index is 13.1. The van der Waals surface area contributed by atoms with E-state index >= 15 is 0 Å². The van der Waals surface area contributed by atoms with Gasteiger partial charge in [-0.3, -0.25) is 0 Å². The summed E-state index contributed by atoms with van der Waals surface area (Å²) in [5.41, 5.74) is 7.76. The molecule has 0 saturated carbocycles. The minimum Gasteiger partial charge on any atom is -0.399 e. The van der Waals surface area contributed by atoms with Crippen molar-refractivity contribution in [2.24, 2.45) is 0 Å². The van der Waals surface area contributed by atoms with Crippen LogP contribution in [-0.2, 0) is 19.1 Å². The molecule has 6 heteroatoms. The highest BCUT2D eigenvalue weighted by Gasteiger charge is 2.36. The molecule has 21 heavy (non-hydrogen) atoms. The third kappa shape index (κ3) is 2.66. The molecule has 1 aromatic heterocycles. The number of nitrogens with two attached hydrogens (primary N) is 1. The number of hydrogen-bond donors (Lipinski definition) is 1. The van der Waals surface area contributed by atoms with Crippen molar-refractivity contribution >= 4 is 11.5 Å². The third-order valence-electron chi connectivity index (χ3n) is 3.63. The van der Waals surface area contributed by atoms with Crippen molar-refractivity contribution in [1.29, 1.82) is 0 Å². The van der Waals surface area contributed by atoms with E-state index in [2.05, 4.69) is 4.98 Å². The molecule has 0 atom stereocenters. The van der Waals surface area contributed by atoms with Crippen LogP contribution in [0.2, 0.25) is 0 Å². The van der Waals surface area contributed by atoms with E-state index in [0.29, 0.717) is 25.2 Å². The first kappa shape index (κ1) is 13.7. The predicted molar refractivity (Wildman–Crippen MR) is 74.8 cm³/mol. The normalized spacial score (nSPS) is 14.9. The Kier molecular flexibility index (Phi) is 3.23. The Hall–Kier alpha value is -2.24. The fourth-order valence-corrected chi connectivity index (χ4v) is 2.63. The average molecular weight is 293 g/mol. The molecule has 2 aromatic rings. The summed E-state index contributed by atoms with van der Waals surface area (Å²) < 4.78 is 39.2. The summed E-state index contributed by atoms with van der Waals surface area (Å²) in [7, 11) is 0. The average Bonchev–Trinajstić information content (AvgIpc) is 2.45. The zero-order valence-corrected chi connectivity index (χ0v) is 11.2. The monoisotopic (exact) mass is 293 g/mol. The number of fused-ring (bicyclic) bond motifs is 1. The first-order valence-corrected chi connectivity index (χ1v) is 6.59. The molecular formula is C15H14F3N3. The van der Waals surface area contributed by atoms with Crippen LogP contribution in [0.3, 0.4) is 0 Å². The topological polar surface area (TPSA) is 42.1 Å². The van der Waals surface area contributed by atoms with Gasteiger partial charge in [0.15, 0.2) is 0 Å². The smallest absolute Gasteiger partial charge is 0.399 e. The lowest BCUT2D eigenvalue weighted by Gasteiger charge is -2.31. The van der Waals surface area contributed by atoms with Gasteiger partial charge in [-0.05, 0) is 41.8 Å². The summed E-state index contributed by atoms with van der Waals surface area (Å²) >= 11 is 0. The van der Waals surface area contributed by atoms with Gasteiger partial charge in [0.25, 0.3) is 0 Å². The van der Waals surface area contributed by atoms with Gasteiger partial charge in [0.05, 0.1) is 5.56 Å². The Bertz CT molecular complexity index is 667. The maximum absolute atomic E-state index is 13.1. The Morgan fingerprint density at radius 2 is 1.95 bits per heavy atom.